The number of carbonyl (C=O) groups excluding carboxylic acids is 1. The van der Waals surface area contributed by atoms with Crippen molar-refractivity contribution in [1.29, 1.82) is 0 Å². The monoisotopic (exact) mass is 296 g/mol. The van der Waals surface area contributed by atoms with E-state index in [4.69, 9.17) is 0 Å². The molecule has 0 radical (unpaired) electrons. The third-order valence-corrected chi connectivity index (χ3v) is 4.50. The molecule has 1 saturated carbocycles. The van der Waals surface area contributed by atoms with Crippen LogP contribution in [0.15, 0.2) is 24.3 Å². The topological polar surface area (TPSA) is 75.3 Å². The highest BCUT2D eigenvalue weighted by Crippen LogP contribution is 2.19. The predicted octanol–water partition coefficient (Wildman–Crippen LogP) is 1.66. The highest BCUT2D eigenvalue weighted by molar-refractivity contribution is 7.92. The Bertz CT molecular complexity index is 563. The highest BCUT2D eigenvalue weighted by atomic mass is 32.2. The molecule has 0 aliphatic heterocycles. The standard InChI is InChI=1S/C14H20N2O3S/c1-2-9-20(18,19)16-13-5-3-11(4-6-13)10-14(17)15-12-7-8-12/h3-6,12,16H,2,7-10H2,1H3,(H,15,17). The second kappa shape index (κ2) is 6.26. The van der Waals surface area contributed by atoms with Crippen molar-refractivity contribution < 1.29 is 13.2 Å². The van der Waals surface area contributed by atoms with Gasteiger partial charge in [0, 0.05) is 11.7 Å². The Morgan fingerprint density at radius 1 is 1.25 bits per heavy atom. The summed E-state index contributed by atoms with van der Waals surface area (Å²) in [6.07, 6.45) is 3.06. The molecular formula is C14H20N2O3S. The van der Waals surface area contributed by atoms with Gasteiger partial charge in [-0.1, -0.05) is 19.1 Å². The maximum atomic E-state index is 11.6. The first kappa shape index (κ1) is 14.8. The molecule has 1 aromatic carbocycles. The Labute approximate surface area is 119 Å². The first-order chi connectivity index (χ1) is 9.48. The molecule has 110 valence electrons. The SMILES string of the molecule is CCCS(=O)(=O)Nc1ccc(CC(=O)NC2CC2)cc1. The van der Waals surface area contributed by atoms with Gasteiger partial charge in [0.05, 0.1) is 12.2 Å². The van der Waals surface area contributed by atoms with Crippen molar-refractivity contribution in [3.63, 3.8) is 0 Å². The first-order valence-electron chi connectivity index (χ1n) is 6.87. The lowest BCUT2D eigenvalue weighted by molar-refractivity contribution is -0.120. The Balaban J connectivity index is 1.90. The van der Waals surface area contributed by atoms with Crippen molar-refractivity contribution in [1.82, 2.24) is 5.32 Å². The summed E-state index contributed by atoms with van der Waals surface area (Å²) in [4.78, 5) is 11.6. The number of hydrogen-bond acceptors (Lipinski definition) is 3. The van der Waals surface area contributed by atoms with E-state index in [1.54, 1.807) is 24.3 Å². The van der Waals surface area contributed by atoms with Crippen molar-refractivity contribution in [2.75, 3.05) is 10.5 Å². The number of carbonyl (C=O) groups is 1. The Kier molecular flexibility index (Phi) is 4.65. The molecule has 1 fully saturated rings. The third-order valence-electron chi connectivity index (χ3n) is 3.01. The molecule has 1 aliphatic rings. The molecular weight excluding hydrogens is 276 g/mol. The summed E-state index contributed by atoms with van der Waals surface area (Å²) in [5.41, 5.74) is 1.41. The van der Waals surface area contributed by atoms with Gasteiger partial charge in [0.25, 0.3) is 0 Å². The molecule has 0 unspecified atom stereocenters. The van der Waals surface area contributed by atoms with Crippen LogP contribution >= 0.6 is 0 Å². The maximum absolute atomic E-state index is 11.6. The summed E-state index contributed by atoms with van der Waals surface area (Å²) in [5.74, 6) is 0.130. The van der Waals surface area contributed by atoms with E-state index in [-0.39, 0.29) is 11.7 Å². The van der Waals surface area contributed by atoms with E-state index in [1.807, 2.05) is 6.92 Å². The Morgan fingerprint density at radius 2 is 1.90 bits per heavy atom. The molecule has 1 aromatic rings. The van der Waals surface area contributed by atoms with Gasteiger partial charge < -0.3 is 5.32 Å². The van der Waals surface area contributed by atoms with Crippen LogP contribution < -0.4 is 10.0 Å². The number of anilines is 1. The average molecular weight is 296 g/mol. The van der Waals surface area contributed by atoms with Crippen LogP contribution in [0.3, 0.4) is 0 Å². The molecule has 0 saturated heterocycles. The first-order valence-corrected chi connectivity index (χ1v) is 8.52. The van der Waals surface area contributed by atoms with Gasteiger partial charge in [-0.2, -0.15) is 0 Å². The second-order valence-electron chi connectivity index (χ2n) is 5.14. The number of nitrogens with one attached hydrogen (secondary N) is 2. The van der Waals surface area contributed by atoms with Crippen LogP contribution in [-0.4, -0.2) is 26.1 Å². The lowest BCUT2D eigenvalue weighted by atomic mass is 10.1. The van der Waals surface area contributed by atoms with Crippen LogP contribution in [0.5, 0.6) is 0 Å². The fraction of sp³-hybridized carbons (Fsp3) is 0.500. The summed E-state index contributed by atoms with van der Waals surface area (Å²) in [5, 5.41) is 2.92. The van der Waals surface area contributed by atoms with E-state index >= 15 is 0 Å². The molecule has 2 rings (SSSR count). The normalized spacial score (nSPS) is 14.8. The molecule has 0 heterocycles. The molecule has 6 heteroatoms. The van der Waals surface area contributed by atoms with Crippen molar-refractivity contribution >= 4 is 21.6 Å². The lowest BCUT2D eigenvalue weighted by Crippen LogP contribution is -2.26. The second-order valence-corrected chi connectivity index (χ2v) is 6.98. The van der Waals surface area contributed by atoms with Crippen molar-refractivity contribution in [3.05, 3.63) is 29.8 Å². The largest absolute Gasteiger partial charge is 0.353 e. The van der Waals surface area contributed by atoms with Gasteiger partial charge >= 0.3 is 0 Å². The third kappa shape index (κ3) is 4.85. The molecule has 0 atom stereocenters. The molecule has 20 heavy (non-hydrogen) atoms. The zero-order valence-corrected chi connectivity index (χ0v) is 12.4. The Hall–Kier alpha value is -1.56. The zero-order chi connectivity index (χ0) is 14.6. The number of hydrogen-bond donors (Lipinski definition) is 2. The van der Waals surface area contributed by atoms with E-state index in [0.29, 0.717) is 24.6 Å². The van der Waals surface area contributed by atoms with E-state index < -0.39 is 10.0 Å². The summed E-state index contributed by atoms with van der Waals surface area (Å²) < 4.78 is 25.7. The smallest absolute Gasteiger partial charge is 0.232 e. The van der Waals surface area contributed by atoms with Crippen LogP contribution in [0.2, 0.25) is 0 Å². The average Bonchev–Trinajstić information content (AvgIpc) is 3.15. The Morgan fingerprint density at radius 3 is 2.45 bits per heavy atom. The van der Waals surface area contributed by atoms with E-state index in [9.17, 15) is 13.2 Å². The summed E-state index contributed by atoms with van der Waals surface area (Å²) in [7, 11) is -3.26. The molecule has 1 aliphatic carbocycles. The fourth-order valence-electron chi connectivity index (χ4n) is 1.88. The predicted molar refractivity (Wildman–Crippen MR) is 79.0 cm³/mol. The number of benzene rings is 1. The van der Waals surface area contributed by atoms with Crippen LogP contribution in [0, 0.1) is 0 Å². The molecule has 0 bridgehead atoms. The van der Waals surface area contributed by atoms with Crippen LogP contribution in [-0.2, 0) is 21.2 Å². The number of sulfonamides is 1. The quantitative estimate of drug-likeness (QED) is 0.803. The van der Waals surface area contributed by atoms with Crippen molar-refractivity contribution in [3.8, 4) is 0 Å². The summed E-state index contributed by atoms with van der Waals surface area (Å²) >= 11 is 0. The van der Waals surface area contributed by atoms with E-state index in [1.165, 1.54) is 0 Å². The lowest BCUT2D eigenvalue weighted by Gasteiger charge is -2.08. The minimum Gasteiger partial charge on any atom is -0.353 e. The van der Waals surface area contributed by atoms with Crippen LogP contribution in [0.4, 0.5) is 5.69 Å². The van der Waals surface area contributed by atoms with Gasteiger partial charge in [0.1, 0.15) is 0 Å². The molecule has 0 aromatic heterocycles. The number of amides is 1. The molecule has 2 N–H and O–H groups in total. The molecule has 5 nitrogen and oxygen atoms in total. The maximum Gasteiger partial charge on any atom is 0.232 e. The van der Waals surface area contributed by atoms with Gasteiger partial charge in [0.15, 0.2) is 0 Å². The van der Waals surface area contributed by atoms with Crippen molar-refractivity contribution in [2.24, 2.45) is 0 Å². The van der Waals surface area contributed by atoms with Gasteiger partial charge in [-0.3, -0.25) is 9.52 Å². The van der Waals surface area contributed by atoms with Crippen molar-refractivity contribution in [2.45, 2.75) is 38.6 Å². The van der Waals surface area contributed by atoms with Crippen LogP contribution in [0.25, 0.3) is 0 Å². The molecule has 0 spiro atoms. The number of rotatable bonds is 7. The molecule has 1 amide bonds. The van der Waals surface area contributed by atoms with Gasteiger partial charge in [-0.25, -0.2) is 8.42 Å². The van der Waals surface area contributed by atoms with E-state index in [2.05, 4.69) is 10.0 Å². The summed E-state index contributed by atoms with van der Waals surface area (Å²) in [6.45, 7) is 1.82. The highest BCUT2D eigenvalue weighted by Gasteiger charge is 2.23. The minimum atomic E-state index is -3.26. The minimum absolute atomic E-state index is 0.0202. The van der Waals surface area contributed by atoms with Gasteiger partial charge in [0.2, 0.25) is 15.9 Å². The fourth-order valence-corrected chi connectivity index (χ4v) is 3.02. The van der Waals surface area contributed by atoms with Gasteiger partial charge in [-0.05, 0) is 37.0 Å². The van der Waals surface area contributed by atoms with E-state index in [0.717, 1.165) is 18.4 Å². The summed E-state index contributed by atoms with van der Waals surface area (Å²) in [6, 6.07) is 7.29. The van der Waals surface area contributed by atoms with Crippen LogP contribution in [0.1, 0.15) is 31.7 Å². The van der Waals surface area contributed by atoms with Gasteiger partial charge in [-0.15, -0.1) is 0 Å². The zero-order valence-electron chi connectivity index (χ0n) is 11.6.